The molecule has 0 aliphatic carbocycles. The summed E-state index contributed by atoms with van der Waals surface area (Å²) in [6, 6.07) is 5.43. The van der Waals surface area contributed by atoms with Crippen molar-refractivity contribution < 1.29 is 14.3 Å². The normalized spacial score (nSPS) is 10.3. The first kappa shape index (κ1) is 15.8. The van der Waals surface area contributed by atoms with Crippen molar-refractivity contribution in [3.63, 3.8) is 0 Å². The topological polar surface area (TPSA) is 61.5 Å². The van der Waals surface area contributed by atoms with Crippen LogP contribution in [0.5, 0.6) is 5.75 Å². The van der Waals surface area contributed by atoms with E-state index in [1.807, 2.05) is 13.0 Å². The minimum absolute atomic E-state index is 0.125. The molecule has 0 saturated carbocycles. The Morgan fingerprint density at radius 1 is 1.42 bits per heavy atom. The van der Waals surface area contributed by atoms with Crippen LogP contribution in [-0.4, -0.2) is 25.7 Å². The number of halogens is 1. The van der Waals surface area contributed by atoms with E-state index in [1.165, 1.54) is 0 Å². The fourth-order valence-electron chi connectivity index (χ4n) is 1.49. The molecule has 0 spiro atoms. The maximum Gasteiger partial charge on any atom is 0.344 e. The molecule has 19 heavy (non-hydrogen) atoms. The first-order valence-electron chi connectivity index (χ1n) is 6.44. The van der Waals surface area contributed by atoms with Crippen LogP contribution in [-0.2, 0) is 16.0 Å². The van der Waals surface area contributed by atoms with E-state index in [0.29, 0.717) is 23.9 Å². The number of hydrogen-bond acceptors (Lipinski definition) is 4. The van der Waals surface area contributed by atoms with E-state index in [2.05, 4.69) is 0 Å². The highest BCUT2D eigenvalue weighted by atomic mass is 35.5. The lowest BCUT2D eigenvalue weighted by Crippen LogP contribution is -2.15. The number of nitrogens with two attached hydrogens (primary N) is 1. The average molecular weight is 286 g/mol. The van der Waals surface area contributed by atoms with Crippen LogP contribution in [0.1, 0.15) is 25.3 Å². The third-order valence-corrected chi connectivity index (χ3v) is 2.83. The summed E-state index contributed by atoms with van der Waals surface area (Å²) in [7, 11) is 0. The lowest BCUT2D eigenvalue weighted by atomic mass is 10.1. The van der Waals surface area contributed by atoms with E-state index < -0.39 is 0 Å². The Morgan fingerprint density at radius 2 is 2.21 bits per heavy atom. The first-order chi connectivity index (χ1) is 9.17. The summed E-state index contributed by atoms with van der Waals surface area (Å²) in [5.74, 6) is 0.102. The van der Waals surface area contributed by atoms with Gasteiger partial charge in [0.1, 0.15) is 5.75 Å². The van der Waals surface area contributed by atoms with Gasteiger partial charge in [0.25, 0.3) is 0 Å². The molecular formula is C14H20ClNO3. The Bertz CT molecular complexity index is 410. The molecule has 0 bridgehead atoms. The molecule has 0 saturated heterocycles. The van der Waals surface area contributed by atoms with Crippen LogP contribution < -0.4 is 10.5 Å². The van der Waals surface area contributed by atoms with Gasteiger partial charge in [-0.3, -0.25) is 0 Å². The van der Waals surface area contributed by atoms with Crippen molar-refractivity contribution in [1.82, 2.24) is 0 Å². The van der Waals surface area contributed by atoms with Crippen LogP contribution >= 0.6 is 11.6 Å². The Balaban J connectivity index is 2.42. The standard InChI is InChI=1S/C14H20ClNO3/c1-2-3-8-18-14(17)10-19-13-5-4-11(6-7-16)9-12(13)15/h4-5,9H,2-3,6-8,10,16H2,1H3. The Hall–Kier alpha value is -1.26. The second kappa shape index (κ2) is 8.77. The van der Waals surface area contributed by atoms with Gasteiger partial charge in [-0.2, -0.15) is 0 Å². The largest absolute Gasteiger partial charge is 0.480 e. The minimum atomic E-state index is -0.379. The van der Waals surface area contributed by atoms with Crippen LogP contribution in [0, 0.1) is 0 Å². The molecule has 2 N–H and O–H groups in total. The second-order valence-corrected chi connectivity index (χ2v) is 4.57. The number of benzene rings is 1. The Morgan fingerprint density at radius 3 is 2.84 bits per heavy atom. The van der Waals surface area contributed by atoms with E-state index in [0.717, 1.165) is 24.8 Å². The summed E-state index contributed by atoms with van der Waals surface area (Å²) in [6.07, 6.45) is 2.61. The van der Waals surface area contributed by atoms with Crippen molar-refractivity contribution >= 4 is 17.6 Å². The molecule has 0 radical (unpaired) electrons. The van der Waals surface area contributed by atoms with Gasteiger partial charge >= 0.3 is 5.97 Å². The molecule has 5 heteroatoms. The van der Waals surface area contributed by atoms with E-state index in [1.54, 1.807) is 12.1 Å². The van der Waals surface area contributed by atoms with Crippen LogP contribution in [0.4, 0.5) is 0 Å². The molecule has 1 aromatic carbocycles. The molecule has 0 aromatic heterocycles. The molecule has 0 unspecified atom stereocenters. The van der Waals surface area contributed by atoms with Crippen molar-refractivity contribution in [3.8, 4) is 5.75 Å². The van der Waals surface area contributed by atoms with Crippen molar-refractivity contribution in [2.45, 2.75) is 26.2 Å². The van der Waals surface area contributed by atoms with Gasteiger partial charge in [-0.15, -0.1) is 0 Å². The molecule has 0 amide bonds. The molecule has 1 rings (SSSR count). The summed E-state index contributed by atoms with van der Waals surface area (Å²) >= 11 is 6.06. The summed E-state index contributed by atoms with van der Waals surface area (Å²) in [5, 5.41) is 0.479. The van der Waals surface area contributed by atoms with E-state index >= 15 is 0 Å². The van der Waals surface area contributed by atoms with E-state index in [4.69, 9.17) is 26.8 Å². The molecule has 0 aliphatic rings. The average Bonchev–Trinajstić information content (AvgIpc) is 2.38. The van der Waals surface area contributed by atoms with Crippen LogP contribution in [0.15, 0.2) is 18.2 Å². The van der Waals surface area contributed by atoms with Crippen molar-refractivity contribution in [3.05, 3.63) is 28.8 Å². The number of hydrogen-bond donors (Lipinski definition) is 1. The van der Waals surface area contributed by atoms with Crippen LogP contribution in [0.2, 0.25) is 5.02 Å². The number of carbonyl (C=O) groups excluding carboxylic acids is 1. The number of carbonyl (C=O) groups is 1. The quantitative estimate of drug-likeness (QED) is 0.589. The van der Waals surface area contributed by atoms with Crippen LogP contribution in [0.25, 0.3) is 0 Å². The third-order valence-electron chi connectivity index (χ3n) is 2.54. The second-order valence-electron chi connectivity index (χ2n) is 4.17. The zero-order valence-electron chi connectivity index (χ0n) is 11.2. The van der Waals surface area contributed by atoms with Gasteiger partial charge in [0.2, 0.25) is 0 Å². The SMILES string of the molecule is CCCCOC(=O)COc1ccc(CCN)cc1Cl. The van der Waals surface area contributed by atoms with Gasteiger partial charge in [-0.1, -0.05) is 31.0 Å². The molecule has 0 fully saturated rings. The molecular weight excluding hydrogens is 266 g/mol. The zero-order chi connectivity index (χ0) is 14.1. The molecule has 0 aliphatic heterocycles. The van der Waals surface area contributed by atoms with Gasteiger partial charge in [0.05, 0.1) is 11.6 Å². The molecule has 0 atom stereocenters. The van der Waals surface area contributed by atoms with Crippen molar-refractivity contribution in [2.24, 2.45) is 5.73 Å². The van der Waals surface area contributed by atoms with Crippen molar-refractivity contribution in [1.29, 1.82) is 0 Å². The molecule has 0 heterocycles. The maximum atomic E-state index is 11.4. The first-order valence-corrected chi connectivity index (χ1v) is 6.82. The highest BCUT2D eigenvalue weighted by Gasteiger charge is 2.07. The fraction of sp³-hybridized carbons (Fsp3) is 0.500. The molecule has 106 valence electrons. The summed E-state index contributed by atoms with van der Waals surface area (Å²) in [6.45, 7) is 2.91. The Kier molecular flexibility index (Phi) is 7.30. The van der Waals surface area contributed by atoms with Gasteiger partial charge in [0, 0.05) is 0 Å². The van der Waals surface area contributed by atoms with Gasteiger partial charge in [0.15, 0.2) is 6.61 Å². The predicted octanol–water partition coefficient (Wildman–Crippen LogP) is 2.56. The minimum Gasteiger partial charge on any atom is -0.480 e. The Labute approximate surface area is 118 Å². The number of ether oxygens (including phenoxy) is 2. The number of rotatable bonds is 8. The number of esters is 1. The highest BCUT2D eigenvalue weighted by molar-refractivity contribution is 6.32. The van der Waals surface area contributed by atoms with E-state index in [-0.39, 0.29) is 12.6 Å². The van der Waals surface area contributed by atoms with Crippen molar-refractivity contribution in [2.75, 3.05) is 19.8 Å². The summed E-state index contributed by atoms with van der Waals surface area (Å²) < 4.78 is 10.3. The number of unbranched alkanes of at least 4 members (excludes halogenated alkanes) is 1. The summed E-state index contributed by atoms with van der Waals surface area (Å²) in [5.41, 5.74) is 6.52. The third kappa shape index (κ3) is 5.94. The van der Waals surface area contributed by atoms with Gasteiger partial charge < -0.3 is 15.2 Å². The smallest absolute Gasteiger partial charge is 0.344 e. The van der Waals surface area contributed by atoms with Crippen LogP contribution in [0.3, 0.4) is 0 Å². The maximum absolute atomic E-state index is 11.4. The predicted molar refractivity (Wildman–Crippen MR) is 75.6 cm³/mol. The van der Waals surface area contributed by atoms with Gasteiger partial charge in [-0.25, -0.2) is 4.79 Å². The monoisotopic (exact) mass is 285 g/mol. The molecule has 1 aromatic rings. The fourth-order valence-corrected chi connectivity index (χ4v) is 1.75. The molecule has 4 nitrogen and oxygen atoms in total. The highest BCUT2D eigenvalue weighted by Crippen LogP contribution is 2.25. The zero-order valence-corrected chi connectivity index (χ0v) is 11.9. The lowest BCUT2D eigenvalue weighted by Gasteiger charge is -2.09. The van der Waals surface area contributed by atoms with E-state index in [9.17, 15) is 4.79 Å². The lowest BCUT2D eigenvalue weighted by molar-refractivity contribution is -0.146. The summed E-state index contributed by atoms with van der Waals surface area (Å²) in [4.78, 5) is 11.4. The van der Waals surface area contributed by atoms with Gasteiger partial charge in [-0.05, 0) is 37.1 Å².